The largest absolute Gasteiger partial charge is 0.228 e. The molecule has 1 heterocycles. The van der Waals surface area contributed by atoms with Crippen LogP contribution < -0.4 is 0 Å². The number of hydrogen-bond donors (Lipinski definition) is 0. The highest BCUT2D eigenvalue weighted by atomic mass is 14.9. The van der Waals surface area contributed by atoms with E-state index in [9.17, 15) is 0 Å². The van der Waals surface area contributed by atoms with E-state index >= 15 is 0 Å². The van der Waals surface area contributed by atoms with Crippen molar-refractivity contribution in [2.45, 2.75) is 6.92 Å². The number of aryl methyl sites for hydroxylation is 1. The number of hydrogen-bond acceptors (Lipinski definition) is 2. The fourth-order valence-electron chi connectivity index (χ4n) is 4.35. The quantitative estimate of drug-likeness (QED) is 0.288. The van der Waals surface area contributed by atoms with Crippen LogP contribution in [0, 0.1) is 6.92 Å². The standard InChI is InChI=1S/C31H22N2/c1-21-7-6-12-28(17-21)31-32-29(26-15-13-22-8-2-4-10-24(22)18-26)20-30(33-31)27-16-14-23-9-3-5-11-25(23)19-27/h2-20H,1H3. The van der Waals surface area contributed by atoms with Crippen LogP contribution in [0.15, 0.2) is 115 Å². The molecule has 0 amide bonds. The van der Waals surface area contributed by atoms with Gasteiger partial charge in [0.15, 0.2) is 5.82 Å². The van der Waals surface area contributed by atoms with Crippen molar-refractivity contribution >= 4 is 21.5 Å². The maximum atomic E-state index is 5.00. The third kappa shape index (κ3) is 3.77. The molecule has 156 valence electrons. The smallest absolute Gasteiger partial charge is 0.160 e. The number of benzene rings is 5. The molecule has 0 aliphatic rings. The van der Waals surface area contributed by atoms with Gasteiger partial charge in [-0.15, -0.1) is 0 Å². The van der Waals surface area contributed by atoms with Gasteiger partial charge in [-0.1, -0.05) is 96.6 Å². The van der Waals surface area contributed by atoms with Crippen LogP contribution in [0.5, 0.6) is 0 Å². The zero-order chi connectivity index (χ0) is 22.2. The first-order valence-corrected chi connectivity index (χ1v) is 11.2. The highest BCUT2D eigenvalue weighted by Crippen LogP contribution is 2.31. The molecule has 2 heteroatoms. The molecule has 6 rings (SSSR count). The molecular formula is C31H22N2. The van der Waals surface area contributed by atoms with Crippen LogP contribution in [0.25, 0.3) is 55.4 Å². The zero-order valence-corrected chi connectivity index (χ0v) is 18.4. The van der Waals surface area contributed by atoms with E-state index in [1.165, 1.54) is 27.1 Å². The Kier molecular flexibility index (Phi) is 4.70. The summed E-state index contributed by atoms with van der Waals surface area (Å²) in [6.07, 6.45) is 0. The second kappa shape index (κ2) is 7.99. The molecule has 0 saturated heterocycles. The maximum Gasteiger partial charge on any atom is 0.160 e. The topological polar surface area (TPSA) is 25.8 Å². The predicted molar refractivity (Wildman–Crippen MR) is 138 cm³/mol. The average Bonchev–Trinajstić information content (AvgIpc) is 2.88. The van der Waals surface area contributed by atoms with Gasteiger partial charge in [-0.3, -0.25) is 0 Å². The van der Waals surface area contributed by atoms with Crippen molar-refractivity contribution in [2.75, 3.05) is 0 Å². The fourth-order valence-corrected chi connectivity index (χ4v) is 4.35. The molecule has 33 heavy (non-hydrogen) atoms. The Labute approximate surface area is 193 Å². The SMILES string of the molecule is Cc1cccc(-c2nc(-c3ccc4ccccc4c3)cc(-c3ccc4ccccc4c3)n2)c1. The second-order valence-corrected chi connectivity index (χ2v) is 8.46. The molecular weight excluding hydrogens is 400 g/mol. The van der Waals surface area contributed by atoms with Crippen LogP contribution in [0.1, 0.15) is 5.56 Å². The maximum absolute atomic E-state index is 5.00. The normalized spacial score (nSPS) is 11.2. The lowest BCUT2D eigenvalue weighted by atomic mass is 10.0. The minimum atomic E-state index is 0.743. The lowest BCUT2D eigenvalue weighted by Crippen LogP contribution is -1.96. The van der Waals surface area contributed by atoms with E-state index in [1.54, 1.807) is 0 Å². The lowest BCUT2D eigenvalue weighted by molar-refractivity contribution is 1.18. The molecule has 0 aliphatic carbocycles. The van der Waals surface area contributed by atoms with Crippen molar-refractivity contribution in [3.63, 3.8) is 0 Å². The van der Waals surface area contributed by atoms with E-state index in [-0.39, 0.29) is 0 Å². The first-order chi connectivity index (χ1) is 16.2. The Balaban J connectivity index is 1.57. The molecule has 1 aromatic heterocycles. The predicted octanol–water partition coefficient (Wildman–Crippen LogP) is 8.09. The minimum Gasteiger partial charge on any atom is -0.228 e. The molecule has 0 radical (unpaired) electrons. The first kappa shape index (κ1) is 19.4. The van der Waals surface area contributed by atoms with Crippen LogP contribution in [-0.4, -0.2) is 9.97 Å². The van der Waals surface area contributed by atoms with Crippen LogP contribution in [-0.2, 0) is 0 Å². The van der Waals surface area contributed by atoms with Crippen LogP contribution >= 0.6 is 0 Å². The summed E-state index contributed by atoms with van der Waals surface area (Å²) < 4.78 is 0. The summed E-state index contributed by atoms with van der Waals surface area (Å²) >= 11 is 0. The number of rotatable bonds is 3. The summed E-state index contributed by atoms with van der Waals surface area (Å²) in [5.74, 6) is 0.743. The van der Waals surface area contributed by atoms with E-state index in [1.807, 2.05) is 0 Å². The van der Waals surface area contributed by atoms with E-state index in [0.29, 0.717) is 0 Å². The van der Waals surface area contributed by atoms with E-state index in [4.69, 9.17) is 9.97 Å². The Hall–Kier alpha value is -4.30. The zero-order valence-electron chi connectivity index (χ0n) is 18.4. The molecule has 0 saturated carbocycles. The molecule has 6 aromatic rings. The van der Waals surface area contributed by atoms with E-state index in [2.05, 4.69) is 122 Å². The lowest BCUT2D eigenvalue weighted by Gasteiger charge is -2.11. The molecule has 0 unspecified atom stereocenters. The van der Waals surface area contributed by atoms with Gasteiger partial charge in [0.25, 0.3) is 0 Å². The van der Waals surface area contributed by atoms with E-state index in [0.717, 1.165) is 33.9 Å². The Morgan fingerprint density at radius 1 is 0.424 bits per heavy atom. The first-order valence-electron chi connectivity index (χ1n) is 11.2. The van der Waals surface area contributed by atoms with Crippen molar-refractivity contribution < 1.29 is 0 Å². The number of nitrogens with zero attached hydrogens (tertiary/aromatic N) is 2. The molecule has 0 fully saturated rings. The minimum absolute atomic E-state index is 0.743. The van der Waals surface area contributed by atoms with Gasteiger partial charge in [-0.2, -0.15) is 0 Å². The highest BCUT2D eigenvalue weighted by Gasteiger charge is 2.12. The second-order valence-electron chi connectivity index (χ2n) is 8.46. The molecule has 0 bridgehead atoms. The van der Waals surface area contributed by atoms with Crippen molar-refractivity contribution in [3.05, 3.63) is 121 Å². The molecule has 5 aromatic carbocycles. The number of aromatic nitrogens is 2. The molecule has 2 nitrogen and oxygen atoms in total. The Bertz CT molecular complexity index is 1530. The van der Waals surface area contributed by atoms with Crippen molar-refractivity contribution in [3.8, 4) is 33.9 Å². The summed E-state index contributed by atoms with van der Waals surface area (Å²) in [6.45, 7) is 2.10. The molecule has 0 aliphatic heterocycles. The summed E-state index contributed by atoms with van der Waals surface area (Å²) in [7, 11) is 0. The van der Waals surface area contributed by atoms with Crippen molar-refractivity contribution in [1.29, 1.82) is 0 Å². The monoisotopic (exact) mass is 422 g/mol. The van der Waals surface area contributed by atoms with Crippen LogP contribution in [0.2, 0.25) is 0 Å². The van der Waals surface area contributed by atoms with Gasteiger partial charge in [0.1, 0.15) is 0 Å². The summed E-state index contributed by atoms with van der Waals surface area (Å²) in [5.41, 5.74) is 6.25. The fraction of sp³-hybridized carbons (Fsp3) is 0.0323. The summed E-state index contributed by atoms with van der Waals surface area (Å²) in [5, 5.41) is 4.86. The number of fused-ring (bicyclic) bond motifs is 2. The van der Waals surface area contributed by atoms with Gasteiger partial charge in [0.05, 0.1) is 11.4 Å². The molecule has 0 spiro atoms. The van der Waals surface area contributed by atoms with Gasteiger partial charge < -0.3 is 0 Å². The van der Waals surface area contributed by atoms with Crippen LogP contribution in [0.3, 0.4) is 0 Å². The summed E-state index contributed by atoms with van der Waals surface area (Å²) in [6, 6.07) is 40.4. The third-order valence-electron chi connectivity index (χ3n) is 6.09. The van der Waals surface area contributed by atoms with Gasteiger partial charge in [0.2, 0.25) is 0 Å². The Morgan fingerprint density at radius 3 is 1.52 bits per heavy atom. The Morgan fingerprint density at radius 2 is 0.970 bits per heavy atom. The van der Waals surface area contributed by atoms with Crippen LogP contribution in [0.4, 0.5) is 0 Å². The van der Waals surface area contributed by atoms with Crippen molar-refractivity contribution in [1.82, 2.24) is 9.97 Å². The van der Waals surface area contributed by atoms with Gasteiger partial charge in [0, 0.05) is 16.7 Å². The van der Waals surface area contributed by atoms with Crippen molar-refractivity contribution in [2.24, 2.45) is 0 Å². The van der Waals surface area contributed by atoms with Gasteiger partial charge >= 0.3 is 0 Å². The summed E-state index contributed by atoms with van der Waals surface area (Å²) in [4.78, 5) is 10.00. The van der Waals surface area contributed by atoms with Gasteiger partial charge in [-0.05, 0) is 52.7 Å². The highest BCUT2D eigenvalue weighted by molar-refractivity contribution is 5.89. The van der Waals surface area contributed by atoms with E-state index < -0.39 is 0 Å². The average molecular weight is 423 g/mol. The molecule has 0 N–H and O–H groups in total. The molecule has 0 atom stereocenters. The van der Waals surface area contributed by atoms with Gasteiger partial charge in [-0.25, -0.2) is 9.97 Å². The third-order valence-corrected chi connectivity index (χ3v) is 6.09.